The molecule has 1 heterocycles. The molecule has 0 atom stereocenters. The number of carbonyl (C=O) groups excluding carboxylic acids is 1. The predicted molar refractivity (Wildman–Crippen MR) is 83.3 cm³/mol. The normalized spacial score (nSPS) is 10.8. The lowest BCUT2D eigenvalue weighted by Crippen LogP contribution is -2.09. The first-order valence-corrected chi connectivity index (χ1v) is 6.84. The lowest BCUT2D eigenvalue weighted by molar-refractivity contribution is -0.111. The van der Waals surface area contributed by atoms with Crippen LogP contribution >= 0.6 is 0 Å². The molecule has 2 aromatic rings. The molecule has 2 rings (SSSR count). The number of carbonyl (C=O) groups is 1. The van der Waals surface area contributed by atoms with Crippen molar-refractivity contribution in [3.05, 3.63) is 47.3 Å². The SMILES string of the molecule is CCOc1ccccc1/C=C/C(=O)Nc1c(C)n[nH]c1C. The van der Waals surface area contributed by atoms with Gasteiger partial charge >= 0.3 is 0 Å². The molecule has 0 unspecified atom stereocenters. The second-order valence-corrected chi connectivity index (χ2v) is 4.60. The number of anilines is 1. The summed E-state index contributed by atoms with van der Waals surface area (Å²) in [6.07, 6.45) is 3.23. The van der Waals surface area contributed by atoms with Gasteiger partial charge in [0, 0.05) is 11.6 Å². The molecule has 0 radical (unpaired) electrons. The average Bonchev–Trinajstić information content (AvgIpc) is 2.78. The molecule has 0 aliphatic heterocycles. The fourth-order valence-corrected chi connectivity index (χ4v) is 1.97. The van der Waals surface area contributed by atoms with Crippen LogP contribution in [0.2, 0.25) is 0 Å². The lowest BCUT2D eigenvalue weighted by atomic mass is 10.2. The first-order valence-electron chi connectivity index (χ1n) is 6.84. The van der Waals surface area contributed by atoms with Gasteiger partial charge in [0.1, 0.15) is 5.75 Å². The molecular formula is C16H19N3O2. The van der Waals surface area contributed by atoms with Crippen LogP contribution in [0.25, 0.3) is 6.08 Å². The standard InChI is InChI=1S/C16H19N3O2/c1-4-21-14-8-6-5-7-13(14)9-10-15(20)17-16-11(2)18-19-12(16)3/h5-10H,4H2,1-3H3,(H,17,20)(H,18,19)/b10-9+. The van der Waals surface area contributed by atoms with Crippen molar-refractivity contribution in [1.82, 2.24) is 10.2 Å². The minimum absolute atomic E-state index is 0.200. The Kier molecular flexibility index (Phi) is 4.77. The molecule has 0 saturated heterocycles. The van der Waals surface area contributed by atoms with Crippen molar-refractivity contribution in [1.29, 1.82) is 0 Å². The molecule has 5 heteroatoms. The number of amides is 1. The van der Waals surface area contributed by atoms with E-state index < -0.39 is 0 Å². The average molecular weight is 285 g/mol. The molecule has 2 N–H and O–H groups in total. The van der Waals surface area contributed by atoms with Crippen molar-refractivity contribution in [2.24, 2.45) is 0 Å². The van der Waals surface area contributed by atoms with Gasteiger partial charge in [-0.3, -0.25) is 9.89 Å². The zero-order chi connectivity index (χ0) is 15.2. The zero-order valence-electron chi connectivity index (χ0n) is 12.4. The molecule has 0 aliphatic carbocycles. The number of ether oxygens (including phenoxy) is 1. The molecule has 1 aromatic carbocycles. The second-order valence-electron chi connectivity index (χ2n) is 4.60. The number of aryl methyl sites for hydroxylation is 2. The summed E-state index contributed by atoms with van der Waals surface area (Å²) >= 11 is 0. The highest BCUT2D eigenvalue weighted by atomic mass is 16.5. The molecule has 0 aliphatic rings. The number of para-hydroxylation sites is 1. The second kappa shape index (κ2) is 6.74. The smallest absolute Gasteiger partial charge is 0.248 e. The van der Waals surface area contributed by atoms with Crippen LogP contribution in [0.1, 0.15) is 23.9 Å². The van der Waals surface area contributed by atoms with Crippen molar-refractivity contribution in [3.8, 4) is 5.75 Å². The third kappa shape index (κ3) is 3.72. The highest BCUT2D eigenvalue weighted by Gasteiger charge is 2.08. The van der Waals surface area contributed by atoms with Crippen LogP contribution in [-0.4, -0.2) is 22.7 Å². The summed E-state index contributed by atoms with van der Waals surface area (Å²) in [7, 11) is 0. The van der Waals surface area contributed by atoms with Crippen molar-refractivity contribution >= 4 is 17.7 Å². The minimum Gasteiger partial charge on any atom is -0.493 e. The molecule has 0 bridgehead atoms. The molecule has 1 amide bonds. The quantitative estimate of drug-likeness (QED) is 0.830. The van der Waals surface area contributed by atoms with E-state index in [-0.39, 0.29) is 5.91 Å². The van der Waals surface area contributed by atoms with Crippen molar-refractivity contribution in [3.63, 3.8) is 0 Å². The van der Waals surface area contributed by atoms with Gasteiger partial charge in [-0.1, -0.05) is 18.2 Å². The summed E-state index contributed by atoms with van der Waals surface area (Å²) in [4.78, 5) is 12.0. The van der Waals surface area contributed by atoms with E-state index in [1.807, 2.05) is 45.0 Å². The van der Waals surface area contributed by atoms with E-state index in [1.54, 1.807) is 6.08 Å². The molecular weight excluding hydrogens is 266 g/mol. The molecule has 1 aromatic heterocycles. The zero-order valence-corrected chi connectivity index (χ0v) is 12.4. The summed E-state index contributed by atoms with van der Waals surface area (Å²) in [5.74, 6) is 0.564. The Bertz CT molecular complexity index is 640. The van der Waals surface area contributed by atoms with E-state index in [9.17, 15) is 4.79 Å². The summed E-state index contributed by atoms with van der Waals surface area (Å²) in [5, 5.41) is 9.70. The highest BCUT2D eigenvalue weighted by Crippen LogP contribution is 2.20. The number of aromatic nitrogens is 2. The topological polar surface area (TPSA) is 67.0 Å². The van der Waals surface area contributed by atoms with Crippen LogP contribution in [-0.2, 0) is 4.79 Å². The van der Waals surface area contributed by atoms with E-state index in [4.69, 9.17) is 4.74 Å². The maximum atomic E-state index is 12.0. The Morgan fingerprint density at radius 1 is 1.38 bits per heavy atom. The van der Waals surface area contributed by atoms with E-state index >= 15 is 0 Å². The van der Waals surface area contributed by atoms with E-state index in [0.717, 1.165) is 28.4 Å². The lowest BCUT2D eigenvalue weighted by Gasteiger charge is -2.06. The first kappa shape index (κ1) is 14.8. The fourth-order valence-electron chi connectivity index (χ4n) is 1.97. The number of nitrogens with zero attached hydrogens (tertiary/aromatic N) is 1. The Labute approximate surface area is 124 Å². The number of hydrogen-bond acceptors (Lipinski definition) is 3. The van der Waals surface area contributed by atoms with Crippen molar-refractivity contribution < 1.29 is 9.53 Å². The van der Waals surface area contributed by atoms with Gasteiger partial charge < -0.3 is 10.1 Å². The van der Waals surface area contributed by atoms with E-state index in [2.05, 4.69) is 15.5 Å². The molecule has 5 nitrogen and oxygen atoms in total. The molecule has 0 fully saturated rings. The van der Waals surface area contributed by atoms with Crippen LogP contribution in [0.3, 0.4) is 0 Å². The van der Waals surface area contributed by atoms with Gasteiger partial charge in [-0.15, -0.1) is 0 Å². The van der Waals surface area contributed by atoms with Gasteiger partial charge in [-0.25, -0.2) is 0 Å². The summed E-state index contributed by atoms with van der Waals surface area (Å²) in [6, 6.07) is 7.60. The molecule has 0 saturated carbocycles. The van der Waals surface area contributed by atoms with Crippen molar-refractivity contribution in [2.75, 3.05) is 11.9 Å². The number of benzene rings is 1. The predicted octanol–water partition coefficient (Wildman–Crippen LogP) is 3.08. The first-order chi connectivity index (χ1) is 10.1. The third-order valence-electron chi connectivity index (χ3n) is 3.01. The molecule has 110 valence electrons. The van der Waals surface area contributed by atoms with Gasteiger partial charge in [-0.2, -0.15) is 5.10 Å². The Hall–Kier alpha value is -2.56. The van der Waals surface area contributed by atoms with Gasteiger partial charge in [0.15, 0.2) is 0 Å². The maximum absolute atomic E-state index is 12.0. The van der Waals surface area contributed by atoms with Crippen molar-refractivity contribution in [2.45, 2.75) is 20.8 Å². The van der Waals surface area contributed by atoms with Gasteiger partial charge in [0.2, 0.25) is 5.91 Å². The van der Waals surface area contributed by atoms with Crippen LogP contribution in [0.15, 0.2) is 30.3 Å². The highest BCUT2D eigenvalue weighted by molar-refractivity contribution is 6.02. The number of nitrogens with one attached hydrogen (secondary N) is 2. The monoisotopic (exact) mass is 285 g/mol. The van der Waals surface area contributed by atoms with Crippen LogP contribution in [0, 0.1) is 13.8 Å². The third-order valence-corrected chi connectivity index (χ3v) is 3.01. The summed E-state index contributed by atoms with van der Waals surface area (Å²) in [6.45, 7) is 6.22. The Morgan fingerprint density at radius 2 is 2.14 bits per heavy atom. The number of H-pyrrole nitrogens is 1. The largest absolute Gasteiger partial charge is 0.493 e. The van der Waals surface area contributed by atoms with Gasteiger partial charge in [-0.05, 0) is 32.9 Å². The molecule has 21 heavy (non-hydrogen) atoms. The number of rotatable bonds is 5. The fraction of sp³-hybridized carbons (Fsp3) is 0.250. The molecule has 0 spiro atoms. The number of hydrogen-bond donors (Lipinski definition) is 2. The van der Waals surface area contributed by atoms with Crippen LogP contribution in [0.4, 0.5) is 5.69 Å². The van der Waals surface area contributed by atoms with Gasteiger partial charge in [0.05, 0.1) is 23.7 Å². The van der Waals surface area contributed by atoms with Gasteiger partial charge in [0.25, 0.3) is 0 Å². The van der Waals surface area contributed by atoms with Crippen LogP contribution in [0.5, 0.6) is 5.75 Å². The maximum Gasteiger partial charge on any atom is 0.248 e. The number of aromatic amines is 1. The van der Waals surface area contributed by atoms with E-state index in [1.165, 1.54) is 6.08 Å². The summed E-state index contributed by atoms with van der Waals surface area (Å²) < 4.78 is 5.52. The van der Waals surface area contributed by atoms with E-state index in [0.29, 0.717) is 6.61 Å². The Balaban J connectivity index is 2.09. The van der Waals surface area contributed by atoms with Crippen LogP contribution < -0.4 is 10.1 Å². The minimum atomic E-state index is -0.200. The Morgan fingerprint density at radius 3 is 2.81 bits per heavy atom. The summed E-state index contributed by atoms with van der Waals surface area (Å²) in [5.41, 5.74) is 3.20.